The number of amides is 1. The summed E-state index contributed by atoms with van der Waals surface area (Å²) >= 11 is 3.87. The van der Waals surface area contributed by atoms with Gasteiger partial charge in [-0.1, -0.05) is 18.2 Å². The Labute approximate surface area is 180 Å². The van der Waals surface area contributed by atoms with Crippen LogP contribution in [0.5, 0.6) is 0 Å². The van der Waals surface area contributed by atoms with Gasteiger partial charge in [-0.05, 0) is 72.6 Å². The molecule has 0 spiro atoms. The van der Waals surface area contributed by atoms with Crippen LogP contribution >= 0.6 is 23.5 Å². The molecule has 1 heterocycles. The second kappa shape index (κ2) is 9.12. The zero-order chi connectivity index (χ0) is 20.3. The van der Waals surface area contributed by atoms with Crippen molar-refractivity contribution in [2.45, 2.75) is 28.7 Å². The van der Waals surface area contributed by atoms with Gasteiger partial charge in [0, 0.05) is 17.8 Å². The van der Waals surface area contributed by atoms with Gasteiger partial charge in [-0.2, -0.15) is 0 Å². The molecule has 2 aliphatic rings. The molecule has 5 nitrogen and oxygen atoms in total. The van der Waals surface area contributed by atoms with E-state index in [9.17, 15) is 13.2 Å². The van der Waals surface area contributed by atoms with Crippen LogP contribution in [0.25, 0.3) is 0 Å². The van der Waals surface area contributed by atoms with Crippen LogP contribution in [0.2, 0.25) is 0 Å². The van der Waals surface area contributed by atoms with Crippen LogP contribution < -0.4 is 10.0 Å². The van der Waals surface area contributed by atoms with Gasteiger partial charge in [0.25, 0.3) is 5.91 Å². The Bertz CT molecular complexity index is 984. The molecular weight excluding hydrogens is 424 g/mol. The van der Waals surface area contributed by atoms with E-state index in [4.69, 9.17) is 0 Å². The lowest BCUT2D eigenvalue weighted by molar-refractivity contribution is 0.102. The zero-order valence-corrected chi connectivity index (χ0v) is 18.4. The number of carbonyl (C=O) groups excluding carboxylic acids is 1. The minimum atomic E-state index is -3.60. The summed E-state index contributed by atoms with van der Waals surface area (Å²) in [4.78, 5) is 12.8. The van der Waals surface area contributed by atoms with Crippen molar-refractivity contribution in [2.75, 3.05) is 23.4 Å². The Morgan fingerprint density at radius 2 is 1.79 bits per heavy atom. The monoisotopic (exact) mass is 448 g/mol. The fourth-order valence-electron chi connectivity index (χ4n) is 3.08. The second-order valence-corrected chi connectivity index (χ2v) is 11.8. The third kappa shape index (κ3) is 5.57. The van der Waals surface area contributed by atoms with Crippen molar-refractivity contribution < 1.29 is 13.2 Å². The fourth-order valence-corrected chi connectivity index (χ4v) is 7.12. The highest BCUT2D eigenvalue weighted by molar-refractivity contribution is 8.16. The van der Waals surface area contributed by atoms with E-state index >= 15 is 0 Å². The molecule has 0 atom stereocenters. The minimum Gasteiger partial charge on any atom is -0.322 e. The highest BCUT2D eigenvalue weighted by Crippen LogP contribution is 2.44. The van der Waals surface area contributed by atoms with E-state index in [2.05, 4.69) is 16.1 Å². The van der Waals surface area contributed by atoms with Crippen molar-refractivity contribution in [1.29, 1.82) is 0 Å². The summed E-state index contributed by atoms with van der Waals surface area (Å²) in [6, 6.07) is 14.1. The van der Waals surface area contributed by atoms with E-state index in [1.807, 2.05) is 41.7 Å². The predicted octanol–water partition coefficient (Wildman–Crippen LogP) is 4.50. The Hall–Kier alpha value is -1.48. The third-order valence-electron chi connectivity index (χ3n) is 4.91. The van der Waals surface area contributed by atoms with Crippen LogP contribution in [-0.2, 0) is 10.0 Å². The number of hydrogen-bond donors (Lipinski definition) is 2. The maximum Gasteiger partial charge on any atom is 0.255 e. The van der Waals surface area contributed by atoms with Gasteiger partial charge in [0.05, 0.1) is 9.48 Å². The molecule has 0 unspecified atom stereocenters. The molecule has 154 valence electrons. The van der Waals surface area contributed by atoms with Crippen molar-refractivity contribution in [3.63, 3.8) is 0 Å². The van der Waals surface area contributed by atoms with Crippen LogP contribution in [0.15, 0.2) is 53.4 Å². The summed E-state index contributed by atoms with van der Waals surface area (Å²) in [5.74, 6) is 2.45. The molecule has 2 aromatic carbocycles. The lowest BCUT2D eigenvalue weighted by Gasteiger charge is -2.21. The maximum absolute atomic E-state index is 12.7. The number of carbonyl (C=O) groups is 1. The second-order valence-electron chi connectivity index (χ2n) is 7.33. The normalized spacial score (nSPS) is 17.8. The molecule has 2 aromatic rings. The molecule has 0 aromatic heterocycles. The number of rotatable bonds is 7. The number of sulfonamides is 1. The van der Waals surface area contributed by atoms with Gasteiger partial charge in [-0.15, -0.1) is 23.5 Å². The van der Waals surface area contributed by atoms with Crippen LogP contribution in [-0.4, -0.2) is 32.4 Å². The summed E-state index contributed by atoms with van der Waals surface area (Å²) < 4.78 is 28.0. The first-order valence-corrected chi connectivity index (χ1v) is 13.3. The van der Waals surface area contributed by atoms with Gasteiger partial charge in [0.2, 0.25) is 10.0 Å². The molecular formula is C21H24N2O3S3. The summed E-state index contributed by atoms with van der Waals surface area (Å²) in [6.45, 7) is 0.461. The fraction of sp³-hybridized carbons (Fsp3) is 0.381. The Balaban J connectivity index is 1.46. The average Bonchev–Trinajstić information content (AvgIpc) is 3.58. The van der Waals surface area contributed by atoms with Crippen molar-refractivity contribution >= 4 is 45.1 Å². The van der Waals surface area contributed by atoms with E-state index in [1.54, 1.807) is 12.1 Å². The number of benzene rings is 2. The zero-order valence-electron chi connectivity index (χ0n) is 16.0. The van der Waals surface area contributed by atoms with Gasteiger partial charge in [0.1, 0.15) is 0 Å². The van der Waals surface area contributed by atoms with Crippen molar-refractivity contribution in [3.8, 4) is 0 Å². The molecule has 1 aliphatic heterocycles. The number of nitrogens with one attached hydrogen (secondary N) is 2. The molecule has 4 rings (SSSR count). The third-order valence-corrected chi connectivity index (χ3v) is 9.35. The van der Waals surface area contributed by atoms with Crippen molar-refractivity contribution in [3.05, 3.63) is 59.7 Å². The summed E-state index contributed by atoms with van der Waals surface area (Å²) in [7, 11) is -3.60. The highest BCUT2D eigenvalue weighted by atomic mass is 32.2. The van der Waals surface area contributed by atoms with E-state index in [0.29, 0.717) is 22.6 Å². The molecule has 0 bridgehead atoms. The molecule has 8 heteroatoms. The molecule has 2 fully saturated rings. The topological polar surface area (TPSA) is 75.3 Å². The van der Waals surface area contributed by atoms with E-state index in [-0.39, 0.29) is 10.8 Å². The van der Waals surface area contributed by atoms with E-state index < -0.39 is 10.0 Å². The largest absolute Gasteiger partial charge is 0.322 e. The molecule has 1 amide bonds. The molecule has 2 N–H and O–H groups in total. The van der Waals surface area contributed by atoms with Gasteiger partial charge in [-0.25, -0.2) is 13.1 Å². The lowest BCUT2D eigenvalue weighted by atomic mass is 10.2. The van der Waals surface area contributed by atoms with E-state index in [1.165, 1.54) is 24.1 Å². The molecule has 1 saturated carbocycles. The van der Waals surface area contributed by atoms with Crippen LogP contribution in [0, 0.1) is 5.92 Å². The first-order chi connectivity index (χ1) is 14.0. The SMILES string of the molecule is O=C(Nc1cccc(C2SCCCS2)c1)c1cccc(S(=O)(=O)NCC2CC2)c1. The maximum atomic E-state index is 12.7. The summed E-state index contributed by atoms with van der Waals surface area (Å²) in [5, 5.41) is 2.90. The van der Waals surface area contributed by atoms with Crippen molar-refractivity contribution in [2.24, 2.45) is 5.92 Å². The Morgan fingerprint density at radius 3 is 2.55 bits per heavy atom. The number of anilines is 1. The number of hydrogen-bond acceptors (Lipinski definition) is 5. The smallest absolute Gasteiger partial charge is 0.255 e. The summed E-state index contributed by atoms with van der Waals surface area (Å²) in [5.41, 5.74) is 2.24. The Morgan fingerprint density at radius 1 is 1.03 bits per heavy atom. The van der Waals surface area contributed by atoms with Crippen LogP contribution in [0.4, 0.5) is 5.69 Å². The average molecular weight is 449 g/mol. The molecule has 1 aliphatic carbocycles. The van der Waals surface area contributed by atoms with Crippen LogP contribution in [0.1, 0.15) is 39.8 Å². The van der Waals surface area contributed by atoms with Crippen molar-refractivity contribution in [1.82, 2.24) is 4.72 Å². The lowest BCUT2D eigenvalue weighted by Crippen LogP contribution is -2.26. The predicted molar refractivity (Wildman–Crippen MR) is 121 cm³/mol. The van der Waals surface area contributed by atoms with Gasteiger partial charge < -0.3 is 5.32 Å². The van der Waals surface area contributed by atoms with Gasteiger partial charge in [-0.3, -0.25) is 4.79 Å². The molecule has 0 radical (unpaired) electrons. The minimum absolute atomic E-state index is 0.120. The highest BCUT2D eigenvalue weighted by Gasteiger charge is 2.24. The Kier molecular flexibility index (Phi) is 6.53. The first-order valence-electron chi connectivity index (χ1n) is 9.75. The van der Waals surface area contributed by atoms with Gasteiger partial charge >= 0.3 is 0 Å². The van der Waals surface area contributed by atoms with Crippen LogP contribution in [0.3, 0.4) is 0 Å². The number of thioether (sulfide) groups is 2. The first kappa shape index (κ1) is 20.8. The summed E-state index contributed by atoms with van der Waals surface area (Å²) in [6.07, 6.45) is 3.38. The standard InChI is InChI=1S/C21H24N2O3S3/c24-20(23-18-6-1-5-17(12-18)21-27-10-3-11-28-21)16-4-2-7-19(13-16)29(25,26)22-14-15-8-9-15/h1-2,4-7,12-13,15,21-22H,3,8-11,14H2,(H,23,24). The molecule has 29 heavy (non-hydrogen) atoms. The van der Waals surface area contributed by atoms with E-state index in [0.717, 1.165) is 30.0 Å². The van der Waals surface area contributed by atoms with Gasteiger partial charge in [0.15, 0.2) is 0 Å². The quantitative estimate of drug-likeness (QED) is 0.652. The molecule has 1 saturated heterocycles.